The highest BCUT2D eigenvalue weighted by molar-refractivity contribution is 5.86. The van der Waals surface area contributed by atoms with Crippen LogP contribution in [-0.2, 0) is 4.79 Å². The third-order valence-corrected chi connectivity index (χ3v) is 3.73. The van der Waals surface area contributed by atoms with Gasteiger partial charge in [-0.2, -0.15) is 0 Å². The van der Waals surface area contributed by atoms with E-state index in [-0.39, 0.29) is 11.8 Å². The monoisotopic (exact) mass is 275 g/mol. The SMILES string of the molecule is CN(C)CCCCNC(=O)C1CCNc2ccccc21. The Morgan fingerprint density at radius 1 is 1.35 bits per heavy atom. The fourth-order valence-corrected chi connectivity index (χ4v) is 2.63. The van der Waals surface area contributed by atoms with Gasteiger partial charge >= 0.3 is 0 Å². The molecule has 1 aromatic carbocycles. The van der Waals surface area contributed by atoms with Crippen molar-refractivity contribution in [1.82, 2.24) is 10.2 Å². The highest BCUT2D eigenvalue weighted by Crippen LogP contribution is 2.31. The molecule has 4 nitrogen and oxygen atoms in total. The number of carbonyl (C=O) groups is 1. The van der Waals surface area contributed by atoms with Crippen LogP contribution in [0, 0.1) is 0 Å². The zero-order valence-corrected chi connectivity index (χ0v) is 12.5. The van der Waals surface area contributed by atoms with E-state index in [9.17, 15) is 4.79 Å². The van der Waals surface area contributed by atoms with Crippen molar-refractivity contribution in [3.8, 4) is 0 Å². The smallest absolute Gasteiger partial charge is 0.227 e. The van der Waals surface area contributed by atoms with Gasteiger partial charge in [-0.1, -0.05) is 18.2 Å². The van der Waals surface area contributed by atoms with Crippen LogP contribution in [0.25, 0.3) is 0 Å². The molecule has 20 heavy (non-hydrogen) atoms. The molecule has 2 rings (SSSR count). The van der Waals surface area contributed by atoms with E-state index in [2.05, 4.69) is 35.7 Å². The molecule has 0 aromatic heterocycles. The maximum absolute atomic E-state index is 12.3. The van der Waals surface area contributed by atoms with Crippen LogP contribution in [0.3, 0.4) is 0 Å². The first-order chi connectivity index (χ1) is 9.68. The van der Waals surface area contributed by atoms with Gasteiger partial charge in [0.15, 0.2) is 0 Å². The Balaban J connectivity index is 1.82. The molecule has 1 amide bonds. The number of benzene rings is 1. The van der Waals surface area contributed by atoms with Crippen LogP contribution in [0.15, 0.2) is 24.3 Å². The summed E-state index contributed by atoms with van der Waals surface area (Å²) >= 11 is 0. The number of anilines is 1. The van der Waals surface area contributed by atoms with E-state index in [1.165, 1.54) is 0 Å². The van der Waals surface area contributed by atoms with Gasteiger partial charge in [0.05, 0.1) is 5.92 Å². The molecule has 1 aromatic rings. The summed E-state index contributed by atoms with van der Waals surface area (Å²) in [6.07, 6.45) is 3.03. The number of carbonyl (C=O) groups excluding carboxylic acids is 1. The van der Waals surface area contributed by atoms with E-state index in [1.54, 1.807) is 0 Å². The molecular formula is C16H25N3O. The van der Waals surface area contributed by atoms with E-state index in [1.807, 2.05) is 18.2 Å². The lowest BCUT2D eigenvalue weighted by Crippen LogP contribution is -2.33. The third-order valence-electron chi connectivity index (χ3n) is 3.73. The Labute approximate surface area is 121 Å². The molecule has 1 atom stereocenters. The number of rotatable bonds is 6. The molecule has 1 aliphatic rings. The molecule has 110 valence electrons. The highest BCUT2D eigenvalue weighted by atomic mass is 16.1. The number of amides is 1. The number of unbranched alkanes of at least 4 members (excludes halogenated alkanes) is 1. The van der Waals surface area contributed by atoms with E-state index in [4.69, 9.17) is 0 Å². The Kier molecular flexibility index (Phi) is 5.41. The van der Waals surface area contributed by atoms with Gasteiger partial charge in [0.2, 0.25) is 5.91 Å². The molecule has 0 radical (unpaired) electrons. The lowest BCUT2D eigenvalue weighted by Gasteiger charge is -2.25. The van der Waals surface area contributed by atoms with Gasteiger partial charge in [0, 0.05) is 18.8 Å². The van der Waals surface area contributed by atoms with Gasteiger partial charge in [0.25, 0.3) is 0 Å². The van der Waals surface area contributed by atoms with Crippen molar-refractivity contribution in [2.45, 2.75) is 25.2 Å². The Morgan fingerprint density at radius 2 is 2.15 bits per heavy atom. The molecule has 0 aliphatic carbocycles. The number of hydrogen-bond donors (Lipinski definition) is 2. The topological polar surface area (TPSA) is 44.4 Å². The lowest BCUT2D eigenvalue weighted by atomic mass is 9.90. The molecule has 0 saturated carbocycles. The van der Waals surface area contributed by atoms with Gasteiger partial charge in [-0.25, -0.2) is 0 Å². The summed E-state index contributed by atoms with van der Waals surface area (Å²) < 4.78 is 0. The normalized spacial score (nSPS) is 17.4. The summed E-state index contributed by atoms with van der Waals surface area (Å²) in [4.78, 5) is 14.5. The second-order valence-corrected chi connectivity index (χ2v) is 5.66. The Hall–Kier alpha value is -1.55. The maximum Gasteiger partial charge on any atom is 0.227 e. The molecule has 1 aliphatic heterocycles. The Bertz CT molecular complexity index is 445. The predicted octanol–water partition coefficient (Wildman–Crippen LogP) is 2.04. The second-order valence-electron chi connectivity index (χ2n) is 5.66. The fourth-order valence-electron chi connectivity index (χ4n) is 2.63. The average molecular weight is 275 g/mol. The predicted molar refractivity (Wildman–Crippen MR) is 83.1 cm³/mol. The summed E-state index contributed by atoms with van der Waals surface area (Å²) in [6.45, 7) is 2.72. The van der Waals surface area contributed by atoms with Crippen LogP contribution >= 0.6 is 0 Å². The zero-order valence-electron chi connectivity index (χ0n) is 12.5. The molecule has 0 saturated heterocycles. The number of hydrogen-bond acceptors (Lipinski definition) is 3. The molecule has 4 heteroatoms. The van der Waals surface area contributed by atoms with E-state index >= 15 is 0 Å². The zero-order chi connectivity index (χ0) is 14.4. The minimum atomic E-state index is 0.00120. The quantitative estimate of drug-likeness (QED) is 0.781. The van der Waals surface area contributed by atoms with Crippen molar-refractivity contribution in [3.05, 3.63) is 29.8 Å². The van der Waals surface area contributed by atoms with E-state index in [0.717, 1.165) is 50.1 Å². The first-order valence-electron chi connectivity index (χ1n) is 7.43. The average Bonchev–Trinajstić information content (AvgIpc) is 2.45. The van der Waals surface area contributed by atoms with Crippen molar-refractivity contribution in [3.63, 3.8) is 0 Å². The molecule has 2 N–H and O–H groups in total. The van der Waals surface area contributed by atoms with Crippen LogP contribution in [-0.4, -0.2) is 44.5 Å². The van der Waals surface area contributed by atoms with Crippen molar-refractivity contribution in [2.75, 3.05) is 39.0 Å². The lowest BCUT2D eigenvalue weighted by molar-refractivity contribution is -0.122. The first kappa shape index (κ1) is 14.9. The van der Waals surface area contributed by atoms with Gasteiger partial charge in [0.1, 0.15) is 0 Å². The van der Waals surface area contributed by atoms with Crippen LogP contribution in [0.5, 0.6) is 0 Å². The van der Waals surface area contributed by atoms with Crippen molar-refractivity contribution in [2.24, 2.45) is 0 Å². The van der Waals surface area contributed by atoms with Gasteiger partial charge in [-0.15, -0.1) is 0 Å². The molecular weight excluding hydrogens is 250 g/mol. The number of nitrogens with one attached hydrogen (secondary N) is 2. The van der Waals surface area contributed by atoms with Crippen LogP contribution in [0.4, 0.5) is 5.69 Å². The first-order valence-corrected chi connectivity index (χ1v) is 7.43. The number of para-hydroxylation sites is 1. The molecule has 1 heterocycles. The van der Waals surface area contributed by atoms with E-state index < -0.39 is 0 Å². The summed E-state index contributed by atoms with van der Waals surface area (Å²) in [5.41, 5.74) is 2.23. The standard InChI is InChI=1S/C16H25N3O/c1-19(2)12-6-5-10-18-16(20)14-9-11-17-15-8-4-3-7-13(14)15/h3-4,7-8,14,17H,5-6,9-12H2,1-2H3,(H,18,20). The van der Waals surface area contributed by atoms with Gasteiger partial charge < -0.3 is 15.5 Å². The van der Waals surface area contributed by atoms with Crippen molar-refractivity contribution in [1.29, 1.82) is 0 Å². The van der Waals surface area contributed by atoms with Gasteiger partial charge in [-0.05, 0) is 51.5 Å². The minimum Gasteiger partial charge on any atom is -0.385 e. The fraction of sp³-hybridized carbons (Fsp3) is 0.562. The highest BCUT2D eigenvalue weighted by Gasteiger charge is 2.25. The minimum absolute atomic E-state index is 0.00120. The second kappa shape index (κ2) is 7.29. The molecule has 0 spiro atoms. The third kappa shape index (κ3) is 3.97. The number of nitrogens with zero attached hydrogens (tertiary/aromatic N) is 1. The van der Waals surface area contributed by atoms with Crippen molar-refractivity contribution >= 4 is 11.6 Å². The maximum atomic E-state index is 12.3. The van der Waals surface area contributed by atoms with Crippen LogP contribution < -0.4 is 10.6 Å². The number of fused-ring (bicyclic) bond motifs is 1. The molecule has 0 fully saturated rings. The Morgan fingerprint density at radius 3 is 2.95 bits per heavy atom. The molecule has 0 bridgehead atoms. The summed E-state index contributed by atoms with van der Waals surface area (Å²) in [7, 11) is 4.15. The summed E-state index contributed by atoms with van der Waals surface area (Å²) in [5.74, 6) is 0.171. The van der Waals surface area contributed by atoms with Gasteiger partial charge in [-0.3, -0.25) is 4.79 Å². The summed E-state index contributed by atoms with van der Waals surface area (Å²) in [6, 6.07) is 8.11. The summed E-state index contributed by atoms with van der Waals surface area (Å²) in [5, 5.41) is 6.43. The van der Waals surface area contributed by atoms with E-state index in [0.29, 0.717) is 0 Å². The largest absolute Gasteiger partial charge is 0.385 e. The van der Waals surface area contributed by atoms with Crippen molar-refractivity contribution < 1.29 is 4.79 Å². The van der Waals surface area contributed by atoms with Crippen LogP contribution in [0.2, 0.25) is 0 Å². The molecule has 1 unspecified atom stereocenters. The van der Waals surface area contributed by atoms with Crippen LogP contribution in [0.1, 0.15) is 30.7 Å².